The monoisotopic (exact) mass is 242 g/mol. The highest BCUT2D eigenvalue weighted by atomic mass is 16.4. The highest BCUT2D eigenvalue weighted by Crippen LogP contribution is 2.47. The van der Waals surface area contributed by atoms with Gasteiger partial charge in [-0.2, -0.15) is 0 Å². The molecule has 0 radical (unpaired) electrons. The first-order valence-electron chi connectivity index (χ1n) is 5.49. The Hall–Kier alpha value is -1.79. The normalized spacial score (nSPS) is 17.4. The quantitative estimate of drug-likeness (QED) is 0.251. The number of oxime groups is 1. The fourth-order valence-corrected chi connectivity index (χ4v) is 1.68. The molecule has 4 N–H and O–H groups in total. The van der Waals surface area contributed by atoms with Crippen LogP contribution in [0.15, 0.2) is 5.16 Å². The largest absolute Gasteiger partial charge is 0.409 e. The zero-order valence-electron chi connectivity index (χ0n) is 10.1. The molecular weight excluding hydrogens is 224 g/mol. The van der Waals surface area contributed by atoms with E-state index in [1.165, 1.54) is 11.9 Å². The molecule has 0 aromatic heterocycles. The summed E-state index contributed by atoms with van der Waals surface area (Å²) < 4.78 is 0. The van der Waals surface area contributed by atoms with Gasteiger partial charge in [0, 0.05) is 13.6 Å². The van der Waals surface area contributed by atoms with Gasteiger partial charge in [-0.3, -0.25) is 9.59 Å². The molecule has 1 aliphatic rings. The molecule has 0 heterocycles. The van der Waals surface area contributed by atoms with Crippen LogP contribution in [0.1, 0.15) is 19.8 Å². The predicted octanol–water partition coefficient (Wildman–Crippen LogP) is -0.892. The van der Waals surface area contributed by atoms with Gasteiger partial charge >= 0.3 is 0 Å². The Morgan fingerprint density at radius 1 is 1.53 bits per heavy atom. The molecule has 1 aliphatic carbocycles. The summed E-state index contributed by atoms with van der Waals surface area (Å²) in [6.07, 6.45) is 1.12. The second kappa shape index (κ2) is 5.03. The maximum absolute atomic E-state index is 12.2. The van der Waals surface area contributed by atoms with Crippen LogP contribution in [-0.2, 0) is 9.59 Å². The van der Waals surface area contributed by atoms with Gasteiger partial charge in [0.15, 0.2) is 5.84 Å². The lowest BCUT2D eigenvalue weighted by Gasteiger charge is -2.24. The zero-order chi connectivity index (χ0) is 13.1. The molecular formula is C10H18N4O3. The fraction of sp³-hybridized carbons (Fsp3) is 0.700. The van der Waals surface area contributed by atoms with E-state index in [9.17, 15) is 9.59 Å². The topological polar surface area (TPSA) is 108 Å². The molecule has 0 aromatic carbocycles. The number of nitrogens with zero attached hydrogens (tertiary/aromatic N) is 2. The van der Waals surface area contributed by atoms with Crippen LogP contribution >= 0.6 is 0 Å². The molecule has 0 atom stereocenters. The Bertz CT molecular complexity index is 349. The Morgan fingerprint density at radius 2 is 2.12 bits per heavy atom. The van der Waals surface area contributed by atoms with Gasteiger partial charge in [-0.05, 0) is 19.8 Å². The van der Waals surface area contributed by atoms with E-state index in [1.54, 1.807) is 6.92 Å². The van der Waals surface area contributed by atoms with Crippen molar-refractivity contribution in [1.29, 1.82) is 0 Å². The van der Waals surface area contributed by atoms with Crippen molar-refractivity contribution in [1.82, 2.24) is 10.2 Å². The Balaban J connectivity index is 2.77. The van der Waals surface area contributed by atoms with Crippen molar-refractivity contribution in [2.24, 2.45) is 16.3 Å². The lowest BCUT2D eigenvalue weighted by atomic mass is 10.0. The highest BCUT2D eigenvalue weighted by Gasteiger charge is 2.55. The Labute approximate surface area is 99.6 Å². The van der Waals surface area contributed by atoms with Gasteiger partial charge in [-0.25, -0.2) is 0 Å². The number of likely N-dealkylation sites (N-methyl/N-ethyl adjacent to an activating group) is 2. The number of amidine groups is 1. The van der Waals surface area contributed by atoms with Crippen molar-refractivity contribution in [2.75, 3.05) is 20.1 Å². The van der Waals surface area contributed by atoms with Crippen LogP contribution < -0.4 is 11.1 Å². The zero-order valence-corrected chi connectivity index (χ0v) is 10.1. The smallest absolute Gasteiger partial charge is 0.239 e. The molecule has 0 aliphatic heterocycles. The first kappa shape index (κ1) is 13.3. The van der Waals surface area contributed by atoms with E-state index in [4.69, 9.17) is 10.9 Å². The summed E-state index contributed by atoms with van der Waals surface area (Å²) in [5.41, 5.74) is 4.63. The van der Waals surface area contributed by atoms with Crippen molar-refractivity contribution in [3.05, 3.63) is 0 Å². The third-order valence-corrected chi connectivity index (χ3v) is 3.04. The average molecular weight is 242 g/mol. The van der Waals surface area contributed by atoms with Crippen molar-refractivity contribution in [3.63, 3.8) is 0 Å². The lowest BCUT2D eigenvalue weighted by Crippen LogP contribution is -2.47. The maximum Gasteiger partial charge on any atom is 0.239 e. The van der Waals surface area contributed by atoms with Crippen molar-refractivity contribution < 1.29 is 14.8 Å². The molecule has 0 bridgehead atoms. The van der Waals surface area contributed by atoms with Crippen LogP contribution in [0.2, 0.25) is 0 Å². The van der Waals surface area contributed by atoms with Gasteiger partial charge in [0.25, 0.3) is 0 Å². The van der Waals surface area contributed by atoms with Gasteiger partial charge < -0.3 is 21.2 Å². The minimum atomic E-state index is -0.890. The standard InChI is InChI=1S/C10H18N4O3/c1-3-14(6-7(15)12-2)9(16)10(4-5-10)8(11)13-17/h17H,3-6H2,1-2H3,(H2,11,13)(H,12,15). The summed E-state index contributed by atoms with van der Waals surface area (Å²) in [6.45, 7) is 2.18. The second-order valence-corrected chi connectivity index (χ2v) is 4.06. The number of nitrogens with one attached hydrogen (secondary N) is 1. The van der Waals surface area contributed by atoms with E-state index >= 15 is 0 Å². The number of amides is 2. The van der Waals surface area contributed by atoms with Gasteiger partial charge in [0.1, 0.15) is 5.41 Å². The molecule has 1 saturated carbocycles. The molecule has 0 spiro atoms. The number of carbonyl (C=O) groups is 2. The van der Waals surface area contributed by atoms with Crippen molar-refractivity contribution in [2.45, 2.75) is 19.8 Å². The first-order valence-corrected chi connectivity index (χ1v) is 5.49. The summed E-state index contributed by atoms with van der Waals surface area (Å²) in [6, 6.07) is 0. The molecule has 0 unspecified atom stereocenters. The molecule has 1 rings (SSSR count). The van der Waals surface area contributed by atoms with E-state index in [2.05, 4.69) is 10.5 Å². The Morgan fingerprint density at radius 3 is 2.47 bits per heavy atom. The van der Waals surface area contributed by atoms with Gasteiger partial charge in [0.2, 0.25) is 11.8 Å². The number of nitrogens with two attached hydrogens (primary N) is 1. The molecule has 7 nitrogen and oxygen atoms in total. The SMILES string of the molecule is CCN(CC(=O)NC)C(=O)C1(C(N)=NO)CC1. The van der Waals surface area contributed by atoms with Crippen LogP contribution in [-0.4, -0.2) is 47.9 Å². The van der Waals surface area contributed by atoms with E-state index in [0.717, 1.165) is 0 Å². The third-order valence-electron chi connectivity index (χ3n) is 3.04. The van der Waals surface area contributed by atoms with E-state index in [1.807, 2.05) is 0 Å². The predicted molar refractivity (Wildman–Crippen MR) is 61.4 cm³/mol. The van der Waals surface area contributed by atoms with E-state index in [0.29, 0.717) is 19.4 Å². The first-order chi connectivity index (χ1) is 8.01. The average Bonchev–Trinajstić information content (AvgIpc) is 3.15. The van der Waals surface area contributed by atoms with Crippen LogP contribution in [0, 0.1) is 5.41 Å². The van der Waals surface area contributed by atoms with Crippen molar-refractivity contribution >= 4 is 17.6 Å². The molecule has 0 aromatic rings. The van der Waals surface area contributed by atoms with Crippen LogP contribution in [0.25, 0.3) is 0 Å². The van der Waals surface area contributed by atoms with E-state index in [-0.39, 0.29) is 24.2 Å². The van der Waals surface area contributed by atoms with Gasteiger partial charge in [-0.1, -0.05) is 5.16 Å². The summed E-state index contributed by atoms with van der Waals surface area (Å²) in [5.74, 6) is -0.563. The number of hydrogen-bond donors (Lipinski definition) is 3. The highest BCUT2D eigenvalue weighted by molar-refractivity contribution is 6.10. The summed E-state index contributed by atoms with van der Waals surface area (Å²) >= 11 is 0. The Kier molecular flexibility index (Phi) is 3.93. The summed E-state index contributed by atoms with van der Waals surface area (Å²) in [4.78, 5) is 24.8. The van der Waals surface area contributed by atoms with Gasteiger partial charge in [-0.15, -0.1) is 0 Å². The molecule has 17 heavy (non-hydrogen) atoms. The molecule has 1 fully saturated rings. The summed E-state index contributed by atoms with van der Waals surface area (Å²) in [5, 5.41) is 14.0. The maximum atomic E-state index is 12.2. The third kappa shape index (κ3) is 2.48. The fourth-order valence-electron chi connectivity index (χ4n) is 1.68. The number of carbonyl (C=O) groups excluding carboxylic acids is 2. The van der Waals surface area contributed by atoms with Crippen molar-refractivity contribution in [3.8, 4) is 0 Å². The minimum Gasteiger partial charge on any atom is -0.409 e. The molecule has 96 valence electrons. The second-order valence-electron chi connectivity index (χ2n) is 4.06. The number of hydrogen-bond acceptors (Lipinski definition) is 4. The molecule has 7 heteroatoms. The number of rotatable bonds is 5. The minimum absolute atomic E-state index is 0.00765. The van der Waals surface area contributed by atoms with Gasteiger partial charge in [0.05, 0.1) is 6.54 Å². The van der Waals surface area contributed by atoms with Crippen LogP contribution in [0.5, 0.6) is 0 Å². The van der Waals surface area contributed by atoms with E-state index < -0.39 is 5.41 Å². The molecule has 0 saturated heterocycles. The molecule has 2 amide bonds. The van der Waals surface area contributed by atoms with Crippen LogP contribution in [0.3, 0.4) is 0 Å². The van der Waals surface area contributed by atoms with Crippen LogP contribution in [0.4, 0.5) is 0 Å². The summed E-state index contributed by atoms with van der Waals surface area (Å²) in [7, 11) is 1.51. The lowest BCUT2D eigenvalue weighted by molar-refractivity contribution is -0.138.